The third-order valence-electron chi connectivity index (χ3n) is 1.53. The van der Waals surface area contributed by atoms with Crippen molar-refractivity contribution in [3.63, 3.8) is 0 Å². The van der Waals surface area contributed by atoms with Crippen molar-refractivity contribution in [2.75, 3.05) is 6.61 Å². The van der Waals surface area contributed by atoms with Gasteiger partial charge in [0.15, 0.2) is 0 Å². The van der Waals surface area contributed by atoms with Crippen LogP contribution in [0.5, 0.6) is 0 Å². The van der Waals surface area contributed by atoms with Crippen molar-refractivity contribution in [2.45, 2.75) is 19.4 Å². The lowest BCUT2D eigenvalue weighted by molar-refractivity contribution is 0.0961. The lowest BCUT2D eigenvalue weighted by atomic mass is 10.1. The molecule has 74 valence electrons. The lowest BCUT2D eigenvalue weighted by Crippen LogP contribution is -2.11. The van der Waals surface area contributed by atoms with Gasteiger partial charge in [-0.2, -0.15) is 0 Å². The molecule has 1 unspecified atom stereocenters. The average molecular weight is 186 g/mol. The molecule has 0 rings (SSSR count). The van der Waals surface area contributed by atoms with E-state index in [1.807, 2.05) is 0 Å². The van der Waals surface area contributed by atoms with E-state index in [1.165, 1.54) is 12.2 Å². The maximum absolute atomic E-state index is 12.2. The largest absolute Gasteiger partial charge is 0.394 e. The summed E-state index contributed by atoms with van der Waals surface area (Å²) in [6, 6.07) is 0. The normalized spacial score (nSPS) is 14.9. The molecule has 0 radical (unpaired) electrons. The number of hydrogen-bond donors (Lipinski definition) is 2. The second-order valence-electron chi connectivity index (χ2n) is 2.68. The van der Waals surface area contributed by atoms with E-state index in [2.05, 4.69) is 6.58 Å². The van der Waals surface area contributed by atoms with Crippen molar-refractivity contribution < 1.29 is 14.6 Å². The van der Waals surface area contributed by atoms with Crippen LogP contribution in [0.3, 0.4) is 0 Å². The van der Waals surface area contributed by atoms with Gasteiger partial charge < -0.3 is 10.2 Å². The fourth-order valence-electron chi connectivity index (χ4n) is 0.816. The highest BCUT2D eigenvalue weighted by Crippen LogP contribution is 2.08. The Hall–Kier alpha value is -0.930. The quantitative estimate of drug-likeness (QED) is 0.642. The Morgan fingerprint density at radius 3 is 2.54 bits per heavy atom. The molecule has 0 bridgehead atoms. The first kappa shape index (κ1) is 12.1. The predicted octanol–water partition coefficient (Wildman–Crippen LogP) is 1.72. The van der Waals surface area contributed by atoms with Crippen LogP contribution in [0.2, 0.25) is 0 Å². The van der Waals surface area contributed by atoms with Gasteiger partial charge in [-0.15, -0.1) is 0 Å². The van der Waals surface area contributed by atoms with E-state index >= 15 is 0 Å². The van der Waals surface area contributed by atoms with Crippen LogP contribution in [0, 0.1) is 0 Å². The summed E-state index contributed by atoms with van der Waals surface area (Å²) < 4.78 is 12.2. The van der Waals surface area contributed by atoms with Crippen molar-refractivity contribution in [2.24, 2.45) is 0 Å². The lowest BCUT2D eigenvalue weighted by Gasteiger charge is -2.06. The van der Waals surface area contributed by atoms with Gasteiger partial charge in [-0.3, -0.25) is 0 Å². The van der Waals surface area contributed by atoms with Gasteiger partial charge in [-0.05, 0) is 18.6 Å². The Labute approximate surface area is 77.7 Å². The summed E-state index contributed by atoms with van der Waals surface area (Å²) in [5.74, 6) is -0.530. The van der Waals surface area contributed by atoms with Gasteiger partial charge in [0.25, 0.3) is 0 Å². The second-order valence-corrected chi connectivity index (χ2v) is 2.68. The molecule has 0 saturated carbocycles. The minimum absolute atomic E-state index is 0.290. The van der Waals surface area contributed by atoms with E-state index in [0.29, 0.717) is 6.42 Å². The topological polar surface area (TPSA) is 40.5 Å². The zero-order chi connectivity index (χ0) is 10.3. The molecule has 2 nitrogen and oxygen atoms in total. The molecular formula is C10H15FO2. The summed E-state index contributed by atoms with van der Waals surface area (Å²) >= 11 is 0. The Morgan fingerprint density at radius 2 is 2.15 bits per heavy atom. The summed E-state index contributed by atoms with van der Waals surface area (Å²) in [5.41, 5.74) is 0.764. The van der Waals surface area contributed by atoms with Crippen molar-refractivity contribution >= 4 is 0 Å². The maximum atomic E-state index is 12.2. The highest BCUT2D eigenvalue weighted by molar-refractivity contribution is 5.23. The smallest absolute Gasteiger partial charge is 0.116 e. The average Bonchev–Trinajstić information content (AvgIpc) is 2.11. The Morgan fingerprint density at radius 1 is 1.54 bits per heavy atom. The molecule has 0 heterocycles. The van der Waals surface area contributed by atoms with Crippen molar-refractivity contribution in [3.05, 3.63) is 36.2 Å². The van der Waals surface area contributed by atoms with Gasteiger partial charge in [0.1, 0.15) is 5.83 Å². The molecule has 3 heteroatoms. The van der Waals surface area contributed by atoms with Crippen molar-refractivity contribution in [1.29, 1.82) is 0 Å². The van der Waals surface area contributed by atoms with Gasteiger partial charge >= 0.3 is 0 Å². The minimum atomic E-state index is -0.788. The Bertz CT molecular complexity index is 219. The summed E-state index contributed by atoms with van der Waals surface area (Å²) in [6.45, 7) is 4.56. The standard InChI is InChI=1S/C10H15FO2/c1-3-9(5-4-8(2)11)6-10(13)7-12/h3-5,10,12-13H,2,6-7H2,1H3/b5-4-,9-3+. The van der Waals surface area contributed by atoms with Gasteiger partial charge in [-0.1, -0.05) is 18.7 Å². The summed E-state index contributed by atoms with van der Waals surface area (Å²) in [4.78, 5) is 0. The van der Waals surface area contributed by atoms with Gasteiger partial charge in [0.05, 0.1) is 12.7 Å². The van der Waals surface area contributed by atoms with E-state index in [1.54, 1.807) is 13.0 Å². The molecule has 13 heavy (non-hydrogen) atoms. The minimum Gasteiger partial charge on any atom is -0.394 e. The first-order valence-corrected chi connectivity index (χ1v) is 4.06. The van der Waals surface area contributed by atoms with Crippen LogP contribution in [0.1, 0.15) is 13.3 Å². The van der Waals surface area contributed by atoms with Crippen molar-refractivity contribution in [3.8, 4) is 0 Å². The third-order valence-corrected chi connectivity index (χ3v) is 1.53. The van der Waals surface area contributed by atoms with E-state index in [0.717, 1.165) is 5.57 Å². The molecule has 0 aliphatic rings. The Balaban J connectivity index is 4.13. The molecule has 0 aromatic rings. The number of aliphatic hydroxyl groups is 2. The highest BCUT2D eigenvalue weighted by Gasteiger charge is 2.02. The number of hydrogen-bond acceptors (Lipinski definition) is 2. The van der Waals surface area contributed by atoms with Gasteiger partial charge in [0, 0.05) is 6.42 Å². The molecule has 2 N–H and O–H groups in total. The molecule has 0 aliphatic heterocycles. The van der Waals surface area contributed by atoms with Gasteiger partial charge in [-0.25, -0.2) is 4.39 Å². The maximum Gasteiger partial charge on any atom is 0.116 e. The zero-order valence-corrected chi connectivity index (χ0v) is 7.70. The second kappa shape index (κ2) is 6.57. The SMILES string of the molecule is C=C(F)/C=C\C(=C/C)CC(O)CO. The summed E-state index contributed by atoms with van der Waals surface area (Å²) in [5, 5.41) is 17.6. The molecule has 0 aromatic heterocycles. The van der Waals surface area contributed by atoms with Crippen LogP contribution >= 0.6 is 0 Å². The van der Waals surface area contributed by atoms with Crippen LogP contribution in [0.25, 0.3) is 0 Å². The third kappa shape index (κ3) is 6.25. The van der Waals surface area contributed by atoms with E-state index < -0.39 is 11.9 Å². The zero-order valence-electron chi connectivity index (χ0n) is 7.70. The number of rotatable bonds is 5. The first-order valence-electron chi connectivity index (χ1n) is 4.06. The molecule has 1 atom stereocenters. The molecular weight excluding hydrogens is 171 g/mol. The van der Waals surface area contributed by atoms with Crippen LogP contribution in [0.15, 0.2) is 36.2 Å². The number of halogens is 1. The fourth-order valence-corrected chi connectivity index (χ4v) is 0.816. The van der Waals surface area contributed by atoms with E-state index in [9.17, 15) is 4.39 Å². The summed E-state index contributed by atoms with van der Waals surface area (Å²) in [6.07, 6.45) is 4.03. The monoisotopic (exact) mass is 186 g/mol. The number of allylic oxidation sites excluding steroid dienone is 4. The van der Waals surface area contributed by atoms with E-state index in [-0.39, 0.29) is 6.61 Å². The van der Waals surface area contributed by atoms with Crippen LogP contribution in [-0.2, 0) is 0 Å². The van der Waals surface area contributed by atoms with Gasteiger partial charge in [0.2, 0.25) is 0 Å². The fraction of sp³-hybridized carbons (Fsp3) is 0.400. The predicted molar refractivity (Wildman–Crippen MR) is 50.9 cm³/mol. The molecule has 0 aliphatic carbocycles. The molecule has 0 saturated heterocycles. The van der Waals surface area contributed by atoms with Crippen LogP contribution < -0.4 is 0 Å². The molecule has 0 aromatic carbocycles. The Kier molecular flexibility index (Phi) is 6.10. The highest BCUT2D eigenvalue weighted by atomic mass is 19.1. The first-order chi connectivity index (χ1) is 6.10. The molecule has 0 amide bonds. The van der Waals surface area contributed by atoms with Crippen LogP contribution in [0.4, 0.5) is 4.39 Å². The van der Waals surface area contributed by atoms with Crippen LogP contribution in [-0.4, -0.2) is 22.9 Å². The van der Waals surface area contributed by atoms with Crippen molar-refractivity contribution in [1.82, 2.24) is 0 Å². The summed E-state index contributed by atoms with van der Waals surface area (Å²) in [7, 11) is 0. The molecule has 0 spiro atoms. The molecule has 0 fully saturated rings. The number of aliphatic hydroxyl groups excluding tert-OH is 2. The van der Waals surface area contributed by atoms with E-state index in [4.69, 9.17) is 10.2 Å².